The lowest BCUT2D eigenvalue weighted by molar-refractivity contribution is 0.589. The topological polar surface area (TPSA) is 0 Å². The summed E-state index contributed by atoms with van der Waals surface area (Å²) in [6, 6.07) is 27.9. The lowest BCUT2D eigenvalue weighted by atomic mass is 9.91. The summed E-state index contributed by atoms with van der Waals surface area (Å²) >= 11 is 0. The molecule has 0 N–H and O–H groups in total. The predicted molar refractivity (Wildman–Crippen MR) is 144 cm³/mol. The summed E-state index contributed by atoms with van der Waals surface area (Å²) in [6.45, 7) is 4.53. The summed E-state index contributed by atoms with van der Waals surface area (Å²) in [4.78, 5) is 0. The Kier molecular flexibility index (Phi) is 8.55. The van der Waals surface area contributed by atoms with E-state index in [1.807, 2.05) is 12.1 Å². The number of aryl methyl sites for hydroxylation is 3. The Labute approximate surface area is 201 Å². The van der Waals surface area contributed by atoms with Crippen molar-refractivity contribution in [1.29, 1.82) is 0 Å². The Balaban J connectivity index is 1.35. The van der Waals surface area contributed by atoms with Crippen molar-refractivity contribution in [2.75, 3.05) is 0 Å². The summed E-state index contributed by atoms with van der Waals surface area (Å²) in [6.07, 6.45) is 8.28. The molecule has 1 saturated heterocycles. The third-order valence-electron chi connectivity index (χ3n) is 7.54. The van der Waals surface area contributed by atoms with Crippen LogP contribution in [0.15, 0.2) is 66.7 Å². The van der Waals surface area contributed by atoms with Gasteiger partial charge in [0.15, 0.2) is 0 Å². The normalized spacial score (nSPS) is 18.4. The fourth-order valence-corrected chi connectivity index (χ4v) is 8.94. The summed E-state index contributed by atoms with van der Waals surface area (Å²) < 4.78 is 15.1. The maximum Gasteiger partial charge on any atom is 0.131 e. The van der Waals surface area contributed by atoms with Crippen molar-refractivity contribution in [3.05, 3.63) is 94.8 Å². The molecular weight excluding hydrogens is 419 g/mol. The Morgan fingerprint density at radius 2 is 1.30 bits per heavy atom. The van der Waals surface area contributed by atoms with E-state index in [-0.39, 0.29) is 5.82 Å². The van der Waals surface area contributed by atoms with Gasteiger partial charge in [0, 0.05) is 14.4 Å². The highest BCUT2D eigenvalue weighted by molar-refractivity contribution is 6.59. The summed E-state index contributed by atoms with van der Waals surface area (Å²) in [5.74, 6) is 0.493. The second kappa shape index (κ2) is 11.8. The van der Waals surface area contributed by atoms with Gasteiger partial charge in [0.2, 0.25) is 0 Å². The molecule has 0 nitrogen and oxygen atoms in total. The molecule has 0 amide bonds. The van der Waals surface area contributed by atoms with Crippen molar-refractivity contribution >= 4 is 8.80 Å². The highest BCUT2D eigenvalue weighted by Crippen LogP contribution is 2.36. The highest BCUT2D eigenvalue weighted by Gasteiger charge is 2.23. The lowest BCUT2D eigenvalue weighted by Crippen LogP contribution is -2.20. The minimum atomic E-state index is -0.490. The molecule has 0 aliphatic carbocycles. The molecule has 2 heteroatoms. The molecule has 0 bridgehead atoms. The molecule has 33 heavy (non-hydrogen) atoms. The fourth-order valence-electron chi connectivity index (χ4n) is 5.51. The van der Waals surface area contributed by atoms with Crippen LogP contribution in [0.3, 0.4) is 0 Å². The van der Waals surface area contributed by atoms with Gasteiger partial charge in [0.25, 0.3) is 0 Å². The first-order valence-corrected chi connectivity index (χ1v) is 15.6. The molecule has 1 fully saturated rings. The van der Waals surface area contributed by atoms with E-state index in [1.54, 1.807) is 0 Å². The van der Waals surface area contributed by atoms with Crippen LogP contribution >= 0.6 is 0 Å². The van der Waals surface area contributed by atoms with Crippen LogP contribution in [-0.2, 0) is 19.3 Å². The zero-order chi connectivity index (χ0) is 23.0. The van der Waals surface area contributed by atoms with Gasteiger partial charge in [0.05, 0.1) is 0 Å². The second-order valence-corrected chi connectivity index (χ2v) is 13.5. The molecule has 1 heterocycles. The van der Waals surface area contributed by atoms with Gasteiger partial charge in [-0.1, -0.05) is 105 Å². The van der Waals surface area contributed by atoms with Crippen molar-refractivity contribution in [2.24, 2.45) is 0 Å². The van der Waals surface area contributed by atoms with Crippen LogP contribution < -0.4 is 0 Å². The summed E-state index contributed by atoms with van der Waals surface area (Å²) in [5, 5.41) is 0. The van der Waals surface area contributed by atoms with Gasteiger partial charge in [-0.3, -0.25) is 0 Å². The molecule has 3 aromatic carbocycles. The average Bonchev–Trinajstić information content (AvgIpc) is 2.85. The van der Waals surface area contributed by atoms with Gasteiger partial charge >= 0.3 is 0 Å². The maximum atomic E-state index is 15.1. The number of hydrogen-bond acceptors (Lipinski definition) is 0. The minimum absolute atomic E-state index is 0.0691. The van der Waals surface area contributed by atoms with Gasteiger partial charge < -0.3 is 0 Å². The first kappa shape index (κ1) is 23.9. The fraction of sp³-hybridized carbons (Fsp3) is 0.419. The Morgan fingerprint density at radius 3 is 1.85 bits per heavy atom. The highest BCUT2D eigenvalue weighted by atomic mass is 28.3. The molecule has 0 spiro atoms. The number of halogens is 1. The van der Waals surface area contributed by atoms with Crippen LogP contribution in [0.1, 0.15) is 67.7 Å². The first-order chi connectivity index (χ1) is 16.2. The number of hydrogen-bond donors (Lipinski definition) is 0. The molecule has 0 aromatic heterocycles. The van der Waals surface area contributed by atoms with E-state index in [0.717, 1.165) is 30.4 Å². The average molecular weight is 459 g/mol. The molecule has 0 atom stereocenters. The number of benzene rings is 3. The molecule has 4 rings (SSSR count). The van der Waals surface area contributed by atoms with E-state index < -0.39 is 8.80 Å². The quantitative estimate of drug-likeness (QED) is 0.281. The summed E-state index contributed by atoms with van der Waals surface area (Å²) in [7, 11) is -0.490. The van der Waals surface area contributed by atoms with Crippen LogP contribution in [0.4, 0.5) is 4.39 Å². The first-order valence-electron chi connectivity index (χ1n) is 13.1. The van der Waals surface area contributed by atoms with Crippen molar-refractivity contribution < 1.29 is 4.39 Å². The van der Waals surface area contributed by atoms with Crippen LogP contribution in [0, 0.1) is 5.82 Å². The van der Waals surface area contributed by atoms with Gasteiger partial charge in [-0.2, -0.15) is 0 Å². The zero-order valence-electron chi connectivity index (χ0n) is 20.5. The molecule has 0 saturated carbocycles. The Bertz CT molecular complexity index is 998. The molecule has 0 radical (unpaired) electrons. The predicted octanol–water partition coefficient (Wildman–Crippen LogP) is 8.74. The zero-order valence-corrected chi connectivity index (χ0v) is 21.6. The van der Waals surface area contributed by atoms with Crippen LogP contribution in [0.5, 0.6) is 0 Å². The largest absolute Gasteiger partial charge is 0.206 e. The maximum absolute atomic E-state index is 15.1. The standard InChI is InChI=1S/C31H39FSi/c1-3-5-24-6-8-25(9-7-24)10-11-26-12-14-28(15-13-26)30-17-16-29(23-31(30)32)27-18-21-33(20-4-2)22-19-27/h6-9,12-17,23,27,33H,3-5,10-11,18-22H2,1-2H3. The van der Waals surface area contributed by atoms with E-state index >= 15 is 4.39 Å². The second-order valence-electron chi connectivity index (χ2n) is 10.0. The van der Waals surface area contributed by atoms with Crippen molar-refractivity contribution in [2.45, 2.75) is 82.8 Å². The van der Waals surface area contributed by atoms with Crippen molar-refractivity contribution in [1.82, 2.24) is 0 Å². The van der Waals surface area contributed by atoms with Gasteiger partial charge in [0.1, 0.15) is 5.82 Å². The van der Waals surface area contributed by atoms with E-state index in [2.05, 4.69) is 68.4 Å². The monoisotopic (exact) mass is 458 g/mol. The molecular formula is C31H39FSi. The van der Waals surface area contributed by atoms with Crippen LogP contribution in [0.25, 0.3) is 11.1 Å². The van der Waals surface area contributed by atoms with E-state index in [1.165, 1.54) is 66.1 Å². The lowest BCUT2D eigenvalue weighted by Gasteiger charge is -2.28. The Hall–Kier alpha value is -2.19. The van der Waals surface area contributed by atoms with Crippen molar-refractivity contribution in [3.8, 4) is 11.1 Å². The van der Waals surface area contributed by atoms with Gasteiger partial charge in [-0.25, -0.2) is 4.39 Å². The summed E-state index contributed by atoms with van der Waals surface area (Å²) in [5.41, 5.74) is 7.02. The van der Waals surface area contributed by atoms with Gasteiger partial charge in [-0.05, 0) is 71.9 Å². The van der Waals surface area contributed by atoms with Gasteiger partial charge in [-0.15, -0.1) is 0 Å². The van der Waals surface area contributed by atoms with E-state index in [0.29, 0.717) is 5.92 Å². The van der Waals surface area contributed by atoms with E-state index in [9.17, 15) is 0 Å². The van der Waals surface area contributed by atoms with Crippen molar-refractivity contribution in [3.63, 3.8) is 0 Å². The molecule has 174 valence electrons. The number of rotatable bonds is 9. The Morgan fingerprint density at radius 1 is 0.727 bits per heavy atom. The van der Waals surface area contributed by atoms with E-state index in [4.69, 9.17) is 0 Å². The van der Waals surface area contributed by atoms with Crippen LogP contribution in [-0.4, -0.2) is 8.80 Å². The third-order valence-corrected chi connectivity index (χ3v) is 11.2. The van der Waals surface area contributed by atoms with Crippen LogP contribution in [0.2, 0.25) is 18.1 Å². The minimum Gasteiger partial charge on any atom is -0.206 e. The molecule has 3 aromatic rings. The molecule has 0 unspecified atom stereocenters. The molecule has 1 aliphatic rings. The third kappa shape index (κ3) is 6.44. The smallest absolute Gasteiger partial charge is 0.131 e. The SMILES string of the molecule is CCCc1ccc(CCc2ccc(-c3ccc(C4CC[SiH](CCC)CC4)cc3F)cc2)cc1. The molecule has 1 aliphatic heterocycles.